The van der Waals surface area contributed by atoms with E-state index in [0.717, 1.165) is 22.3 Å². The normalized spacial score (nSPS) is 12.3. The Morgan fingerprint density at radius 1 is 0.293 bits per heavy atom. The first-order valence-electron chi connectivity index (χ1n) is 18.8. The molecule has 0 spiro atoms. The number of aromatic hydroxyl groups is 12. The highest BCUT2D eigenvalue weighted by molar-refractivity contribution is 5.54. The first-order chi connectivity index (χ1) is 27.6. The number of aryl methyl sites for hydroxylation is 5. The zero-order chi connectivity index (χ0) is 41.7. The lowest BCUT2D eigenvalue weighted by Gasteiger charge is -2.29. The third-order valence-electron chi connectivity index (χ3n) is 10.7. The van der Waals surface area contributed by atoms with Crippen molar-refractivity contribution in [3.05, 3.63) is 142 Å². The Bertz CT molecular complexity index is 2300. The molecule has 0 heterocycles. The highest BCUT2D eigenvalue weighted by Gasteiger charge is 2.27. The van der Waals surface area contributed by atoms with Crippen LogP contribution in [0, 0.1) is 5.92 Å². The Morgan fingerprint density at radius 3 is 0.931 bits per heavy atom. The summed E-state index contributed by atoms with van der Waals surface area (Å²) in [6.07, 6.45) is 4.00. The molecule has 6 rings (SSSR count). The summed E-state index contributed by atoms with van der Waals surface area (Å²) in [6.45, 7) is 0. The fraction of sp³-hybridized carbons (Fsp3) is 0.217. The molecule has 0 aliphatic heterocycles. The van der Waals surface area contributed by atoms with Crippen LogP contribution in [0.2, 0.25) is 0 Å². The number of hydrogen-bond acceptors (Lipinski definition) is 12. The van der Waals surface area contributed by atoms with Gasteiger partial charge in [0.15, 0.2) is 69.0 Å². The summed E-state index contributed by atoms with van der Waals surface area (Å²) < 4.78 is 0. The van der Waals surface area contributed by atoms with Crippen molar-refractivity contribution in [2.75, 3.05) is 0 Å². The summed E-state index contributed by atoms with van der Waals surface area (Å²) in [4.78, 5) is 0. The molecule has 12 heteroatoms. The highest BCUT2D eigenvalue weighted by Crippen LogP contribution is 2.43. The molecule has 0 radical (unpaired) electrons. The van der Waals surface area contributed by atoms with Crippen molar-refractivity contribution in [1.29, 1.82) is 0 Å². The molecular weight excluding hydrogens is 744 g/mol. The molecule has 12 N–H and O–H groups in total. The van der Waals surface area contributed by atoms with Crippen molar-refractivity contribution in [3.63, 3.8) is 0 Å². The summed E-state index contributed by atoms with van der Waals surface area (Å²) in [7, 11) is 0. The molecule has 0 saturated carbocycles. The average molecular weight is 791 g/mol. The fourth-order valence-electron chi connectivity index (χ4n) is 7.43. The summed E-state index contributed by atoms with van der Waals surface area (Å²) in [6, 6.07) is 27.1. The molecule has 0 unspecified atom stereocenters. The maximum atomic E-state index is 10.6. The van der Waals surface area contributed by atoms with E-state index in [1.54, 1.807) is 0 Å². The monoisotopic (exact) mass is 790 g/mol. The van der Waals surface area contributed by atoms with Crippen molar-refractivity contribution in [3.8, 4) is 69.0 Å². The predicted octanol–water partition coefficient (Wildman–Crippen LogP) is 7.54. The minimum Gasteiger partial charge on any atom is -0.504 e. The minimum absolute atomic E-state index is 0.190. The molecule has 0 amide bonds. The zero-order valence-electron chi connectivity index (χ0n) is 31.4. The number of benzene rings is 6. The van der Waals surface area contributed by atoms with E-state index in [1.165, 1.54) is 48.5 Å². The van der Waals surface area contributed by atoms with Gasteiger partial charge in [0.2, 0.25) is 0 Å². The largest absolute Gasteiger partial charge is 0.504 e. The van der Waals surface area contributed by atoms with Gasteiger partial charge in [-0.3, -0.25) is 0 Å². The summed E-state index contributed by atoms with van der Waals surface area (Å²) in [5, 5.41) is 121. The van der Waals surface area contributed by atoms with Gasteiger partial charge in [0.25, 0.3) is 0 Å². The van der Waals surface area contributed by atoms with Crippen LogP contribution >= 0.6 is 0 Å². The molecule has 0 saturated heterocycles. The molecule has 6 aromatic carbocycles. The van der Waals surface area contributed by atoms with Gasteiger partial charge in [0.05, 0.1) is 0 Å². The Labute approximate surface area is 334 Å². The van der Waals surface area contributed by atoms with Gasteiger partial charge >= 0.3 is 0 Å². The molecule has 302 valence electrons. The van der Waals surface area contributed by atoms with Crippen molar-refractivity contribution in [1.82, 2.24) is 0 Å². The first kappa shape index (κ1) is 40.6. The quantitative estimate of drug-likeness (QED) is 0.0452. The van der Waals surface area contributed by atoms with Crippen LogP contribution in [-0.2, 0) is 44.9 Å². The smallest absolute Gasteiger partial charge is 0.200 e. The minimum atomic E-state index is -0.637. The molecule has 0 aliphatic carbocycles. The second kappa shape index (κ2) is 17.4. The van der Waals surface area contributed by atoms with Gasteiger partial charge in [0, 0.05) is 0 Å². The fourth-order valence-corrected chi connectivity index (χ4v) is 7.43. The van der Waals surface area contributed by atoms with E-state index >= 15 is 0 Å². The third kappa shape index (κ3) is 9.65. The lowest BCUT2D eigenvalue weighted by molar-refractivity contribution is 0.357. The van der Waals surface area contributed by atoms with E-state index in [1.807, 2.05) is 48.5 Å². The van der Waals surface area contributed by atoms with Crippen molar-refractivity contribution >= 4 is 0 Å². The van der Waals surface area contributed by atoms with Crippen molar-refractivity contribution in [2.45, 2.75) is 57.3 Å². The Balaban J connectivity index is 1.27. The molecule has 2 atom stereocenters. The molecule has 0 aliphatic rings. The number of rotatable bonds is 15. The molecular formula is C46H46O12. The van der Waals surface area contributed by atoms with E-state index < -0.39 is 69.0 Å². The maximum absolute atomic E-state index is 10.6. The summed E-state index contributed by atoms with van der Waals surface area (Å²) in [5.41, 5.74) is 6.33. The molecule has 12 nitrogen and oxygen atoms in total. The molecule has 0 aromatic heterocycles. The standard InChI is InChI=1S/C46H46O12/c47-35-17-29(18-36(48)43(35)55)11-5-25-1-7-27(8-2-25)15-32(14-13-31-21-39(51)45(57)40(52)22-31)34(33-23-41(53)46(58)42(54)24-33)16-28-9-3-26(4-10-28)6-12-30-19-37(49)44(56)38(50)20-30/h1-4,7-10,17-24,32,34,47-58H,5-6,11-16H2/t32-,34-/m1/s1. The van der Waals surface area contributed by atoms with Gasteiger partial charge in [-0.2, -0.15) is 0 Å². The van der Waals surface area contributed by atoms with Crippen molar-refractivity contribution < 1.29 is 61.3 Å². The Hall–Kier alpha value is -7.08. The summed E-state index contributed by atoms with van der Waals surface area (Å²) >= 11 is 0. The number of phenols is 12. The first-order valence-corrected chi connectivity index (χ1v) is 18.8. The Morgan fingerprint density at radius 2 is 0.569 bits per heavy atom. The van der Waals surface area contributed by atoms with Crippen LogP contribution in [0.5, 0.6) is 69.0 Å². The van der Waals surface area contributed by atoms with Crippen LogP contribution in [0.15, 0.2) is 97.1 Å². The second-order valence-corrected chi connectivity index (χ2v) is 14.8. The topological polar surface area (TPSA) is 243 Å². The third-order valence-corrected chi connectivity index (χ3v) is 10.7. The van der Waals surface area contributed by atoms with Crippen LogP contribution in [-0.4, -0.2) is 61.3 Å². The maximum Gasteiger partial charge on any atom is 0.200 e. The van der Waals surface area contributed by atoms with E-state index in [4.69, 9.17) is 0 Å². The van der Waals surface area contributed by atoms with Crippen molar-refractivity contribution in [2.24, 2.45) is 5.92 Å². The molecule has 58 heavy (non-hydrogen) atoms. The average Bonchev–Trinajstić information content (AvgIpc) is 3.19. The van der Waals surface area contributed by atoms with E-state index in [-0.39, 0.29) is 11.8 Å². The van der Waals surface area contributed by atoms with E-state index in [2.05, 4.69) is 0 Å². The molecule has 0 bridgehead atoms. The van der Waals surface area contributed by atoms with Crippen LogP contribution in [0.1, 0.15) is 56.8 Å². The zero-order valence-corrected chi connectivity index (χ0v) is 31.4. The van der Waals surface area contributed by atoms with Gasteiger partial charge in [-0.1, -0.05) is 48.5 Å². The van der Waals surface area contributed by atoms with Gasteiger partial charge in [0.1, 0.15) is 0 Å². The van der Waals surface area contributed by atoms with Crippen LogP contribution in [0.3, 0.4) is 0 Å². The second-order valence-electron chi connectivity index (χ2n) is 14.8. The van der Waals surface area contributed by atoms with Crippen LogP contribution in [0.25, 0.3) is 0 Å². The van der Waals surface area contributed by atoms with Gasteiger partial charge < -0.3 is 61.3 Å². The highest BCUT2D eigenvalue weighted by atomic mass is 16.3. The van der Waals surface area contributed by atoms with E-state index in [0.29, 0.717) is 73.6 Å². The van der Waals surface area contributed by atoms with E-state index in [9.17, 15) is 61.3 Å². The Kier molecular flexibility index (Phi) is 12.2. The van der Waals surface area contributed by atoms with Gasteiger partial charge in [-0.05, 0) is 156 Å². The van der Waals surface area contributed by atoms with Gasteiger partial charge in [-0.15, -0.1) is 0 Å². The van der Waals surface area contributed by atoms with Crippen LogP contribution in [0.4, 0.5) is 0 Å². The number of hydrogen-bond donors (Lipinski definition) is 12. The van der Waals surface area contributed by atoms with Crippen LogP contribution < -0.4 is 0 Å². The lowest BCUT2D eigenvalue weighted by atomic mass is 9.75. The lowest BCUT2D eigenvalue weighted by Crippen LogP contribution is -2.19. The van der Waals surface area contributed by atoms with Gasteiger partial charge in [-0.25, -0.2) is 0 Å². The number of phenolic OH excluding ortho intramolecular Hbond substituents is 12. The molecule has 0 fully saturated rings. The molecule has 6 aromatic rings. The summed E-state index contributed by atoms with van der Waals surface area (Å²) in [5.74, 6) is -6.39. The predicted molar refractivity (Wildman–Crippen MR) is 215 cm³/mol. The SMILES string of the molecule is Oc1cc(CCc2ccc(C[C@@H](CCc3cc(O)c(O)c(O)c3)[C@@H](Cc3ccc(CCc4cc(O)c(O)c(O)c4)cc3)c3cc(O)c(O)c(O)c3)cc2)cc(O)c1O.